The van der Waals surface area contributed by atoms with Gasteiger partial charge < -0.3 is 15.2 Å². The Morgan fingerprint density at radius 1 is 1.33 bits per heavy atom. The number of ether oxygens (including phenoxy) is 2. The zero-order valence-corrected chi connectivity index (χ0v) is 13.1. The van der Waals surface area contributed by atoms with Crippen molar-refractivity contribution >= 4 is 16.5 Å². The molecule has 2 heterocycles. The van der Waals surface area contributed by atoms with E-state index in [-0.39, 0.29) is 0 Å². The number of hydrogen-bond acceptors (Lipinski definition) is 6. The molecule has 2 aromatic rings. The first-order valence-electron chi connectivity index (χ1n) is 6.86. The summed E-state index contributed by atoms with van der Waals surface area (Å²) >= 11 is 1.56. The van der Waals surface area contributed by atoms with Gasteiger partial charge in [0.1, 0.15) is 0 Å². The van der Waals surface area contributed by atoms with Crippen LogP contribution in [0.4, 0.5) is 5.13 Å². The highest BCUT2D eigenvalue weighted by molar-refractivity contribution is 7.15. The number of rotatable bonds is 4. The Morgan fingerprint density at radius 2 is 2.19 bits per heavy atom. The summed E-state index contributed by atoms with van der Waals surface area (Å²) in [5.41, 5.74) is 8.25. The smallest absolute Gasteiger partial charge is 0.180 e. The maximum atomic E-state index is 5.69. The Balaban J connectivity index is 1.79. The molecule has 6 heteroatoms. The maximum absolute atomic E-state index is 5.69. The molecule has 5 nitrogen and oxygen atoms in total. The van der Waals surface area contributed by atoms with Crippen molar-refractivity contribution in [3.8, 4) is 11.5 Å². The van der Waals surface area contributed by atoms with Gasteiger partial charge >= 0.3 is 0 Å². The van der Waals surface area contributed by atoms with Crippen LogP contribution in [0, 0.1) is 0 Å². The molecule has 112 valence electrons. The lowest BCUT2D eigenvalue weighted by atomic mass is 9.98. The molecule has 0 unspecified atom stereocenters. The summed E-state index contributed by atoms with van der Waals surface area (Å²) in [6, 6.07) is 4.11. The van der Waals surface area contributed by atoms with E-state index < -0.39 is 0 Å². The van der Waals surface area contributed by atoms with Gasteiger partial charge in [0.25, 0.3) is 0 Å². The van der Waals surface area contributed by atoms with E-state index >= 15 is 0 Å². The Kier molecular flexibility index (Phi) is 3.98. The van der Waals surface area contributed by atoms with Crippen molar-refractivity contribution in [3.63, 3.8) is 0 Å². The number of aromatic nitrogens is 1. The van der Waals surface area contributed by atoms with E-state index in [1.165, 1.54) is 16.0 Å². The first-order valence-corrected chi connectivity index (χ1v) is 7.68. The summed E-state index contributed by atoms with van der Waals surface area (Å²) < 4.78 is 10.9. The Hall–Kier alpha value is -1.79. The highest BCUT2D eigenvalue weighted by Gasteiger charge is 2.22. The molecule has 0 amide bonds. The second kappa shape index (κ2) is 5.91. The van der Waals surface area contributed by atoms with Crippen LogP contribution in [-0.4, -0.2) is 30.6 Å². The van der Waals surface area contributed by atoms with Crippen molar-refractivity contribution in [2.24, 2.45) is 0 Å². The fraction of sp³-hybridized carbons (Fsp3) is 0.400. The molecule has 1 aromatic heterocycles. The fourth-order valence-corrected chi connectivity index (χ4v) is 3.52. The minimum atomic E-state index is 0.633. The molecule has 21 heavy (non-hydrogen) atoms. The molecular weight excluding hydrogens is 286 g/mol. The molecule has 2 N–H and O–H groups in total. The molecule has 0 fully saturated rings. The molecule has 0 aliphatic carbocycles. The summed E-state index contributed by atoms with van der Waals surface area (Å²) in [5.74, 6) is 1.68. The third-order valence-electron chi connectivity index (χ3n) is 3.77. The molecule has 0 saturated heterocycles. The predicted molar refractivity (Wildman–Crippen MR) is 83.9 cm³/mol. The highest BCUT2D eigenvalue weighted by atomic mass is 32.1. The zero-order valence-electron chi connectivity index (χ0n) is 12.3. The molecule has 3 rings (SSSR count). The molecule has 0 saturated carbocycles. The third-order valence-corrected chi connectivity index (χ3v) is 4.58. The second-order valence-corrected chi connectivity index (χ2v) is 6.21. The molecule has 0 radical (unpaired) electrons. The average Bonchev–Trinajstić information content (AvgIpc) is 2.90. The topological polar surface area (TPSA) is 60.6 Å². The lowest BCUT2D eigenvalue weighted by Gasteiger charge is -2.29. The number of anilines is 1. The van der Waals surface area contributed by atoms with Crippen molar-refractivity contribution in [3.05, 3.63) is 34.3 Å². The van der Waals surface area contributed by atoms with Crippen molar-refractivity contribution in [2.45, 2.75) is 19.5 Å². The van der Waals surface area contributed by atoms with Crippen molar-refractivity contribution < 1.29 is 9.47 Å². The van der Waals surface area contributed by atoms with Gasteiger partial charge in [0, 0.05) is 36.3 Å². The molecule has 1 aliphatic rings. The summed E-state index contributed by atoms with van der Waals surface area (Å²) in [5, 5.41) is 0.633. The standard InChI is InChI=1S/C15H19N3O2S/c1-19-13-4-3-10-8-18(6-5-12(10)14(13)20-2)9-11-7-17-15(16)21-11/h3-4,7H,5-6,8-9H2,1-2H3,(H2,16,17). The number of nitrogens with two attached hydrogens (primary N) is 1. The van der Waals surface area contributed by atoms with Crippen LogP contribution in [0.25, 0.3) is 0 Å². The van der Waals surface area contributed by atoms with Crippen LogP contribution in [0.2, 0.25) is 0 Å². The van der Waals surface area contributed by atoms with E-state index in [0.717, 1.165) is 37.6 Å². The van der Waals surface area contributed by atoms with Gasteiger partial charge in [-0.1, -0.05) is 6.07 Å². The van der Waals surface area contributed by atoms with Crippen LogP contribution in [0.1, 0.15) is 16.0 Å². The van der Waals surface area contributed by atoms with E-state index in [9.17, 15) is 0 Å². The number of benzene rings is 1. The van der Waals surface area contributed by atoms with E-state index in [0.29, 0.717) is 5.13 Å². The van der Waals surface area contributed by atoms with Gasteiger partial charge in [-0.2, -0.15) is 0 Å². The maximum Gasteiger partial charge on any atom is 0.180 e. The molecular formula is C15H19N3O2S. The lowest BCUT2D eigenvalue weighted by molar-refractivity contribution is 0.243. The zero-order chi connectivity index (χ0) is 14.8. The summed E-state index contributed by atoms with van der Waals surface area (Å²) in [7, 11) is 3.37. The Bertz CT molecular complexity index is 642. The number of hydrogen-bond donors (Lipinski definition) is 1. The third kappa shape index (κ3) is 2.82. The van der Waals surface area contributed by atoms with Crippen molar-refractivity contribution in [1.29, 1.82) is 0 Å². The van der Waals surface area contributed by atoms with Crippen LogP contribution < -0.4 is 15.2 Å². The van der Waals surface area contributed by atoms with Gasteiger partial charge in [0.2, 0.25) is 0 Å². The van der Waals surface area contributed by atoms with Crippen LogP contribution in [-0.2, 0) is 19.5 Å². The normalized spacial score (nSPS) is 14.8. The van der Waals surface area contributed by atoms with Crippen molar-refractivity contribution in [2.75, 3.05) is 26.5 Å². The molecule has 1 aromatic carbocycles. The largest absolute Gasteiger partial charge is 0.493 e. The van der Waals surface area contributed by atoms with Crippen LogP contribution in [0.5, 0.6) is 11.5 Å². The number of fused-ring (bicyclic) bond motifs is 1. The summed E-state index contributed by atoms with van der Waals surface area (Å²) in [4.78, 5) is 7.72. The minimum Gasteiger partial charge on any atom is -0.493 e. The number of nitrogens with zero attached hydrogens (tertiary/aromatic N) is 2. The lowest BCUT2D eigenvalue weighted by Crippen LogP contribution is -2.30. The van der Waals surface area contributed by atoms with Gasteiger partial charge in [-0.25, -0.2) is 4.98 Å². The summed E-state index contributed by atoms with van der Waals surface area (Å²) in [6.07, 6.45) is 2.83. The van der Waals surface area contributed by atoms with E-state index in [1.54, 1.807) is 25.6 Å². The fourth-order valence-electron chi connectivity index (χ4n) is 2.79. The van der Waals surface area contributed by atoms with Crippen LogP contribution in [0.3, 0.4) is 0 Å². The van der Waals surface area contributed by atoms with Gasteiger partial charge in [0.15, 0.2) is 16.6 Å². The first kappa shape index (κ1) is 14.2. The van der Waals surface area contributed by atoms with Gasteiger partial charge in [0.05, 0.1) is 14.2 Å². The monoisotopic (exact) mass is 305 g/mol. The second-order valence-electron chi connectivity index (χ2n) is 5.06. The van der Waals surface area contributed by atoms with E-state index in [4.69, 9.17) is 15.2 Å². The van der Waals surface area contributed by atoms with Gasteiger partial charge in [-0.15, -0.1) is 11.3 Å². The van der Waals surface area contributed by atoms with Crippen LogP contribution >= 0.6 is 11.3 Å². The molecule has 0 spiro atoms. The minimum absolute atomic E-state index is 0.633. The SMILES string of the molecule is COc1ccc2c(c1OC)CCN(Cc1cnc(N)s1)C2. The van der Waals surface area contributed by atoms with Crippen molar-refractivity contribution in [1.82, 2.24) is 9.88 Å². The summed E-state index contributed by atoms with van der Waals surface area (Å²) in [6.45, 7) is 2.80. The molecule has 0 bridgehead atoms. The number of nitrogen functional groups attached to an aromatic ring is 1. The Labute approximate surface area is 128 Å². The predicted octanol–water partition coefficient (Wildman–Crippen LogP) is 2.30. The quantitative estimate of drug-likeness (QED) is 0.939. The van der Waals surface area contributed by atoms with Gasteiger partial charge in [-0.05, 0) is 18.1 Å². The van der Waals surface area contributed by atoms with Crippen LogP contribution in [0.15, 0.2) is 18.3 Å². The van der Waals surface area contributed by atoms with E-state index in [1.807, 2.05) is 12.3 Å². The van der Waals surface area contributed by atoms with Gasteiger partial charge in [-0.3, -0.25) is 4.90 Å². The number of methoxy groups -OCH3 is 2. The van der Waals surface area contributed by atoms with E-state index in [2.05, 4.69) is 16.0 Å². The first-order chi connectivity index (χ1) is 10.2. The Morgan fingerprint density at radius 3 is 2.86 bits per heavy atom. The average molecular weight is 305 g/mol. The number of thiazole rings is 1. The highest BCUT2D eigenvalue weighted by Crippen LogP contribution is 2.36. The molecule has 1 aliphatic heterocycles. The molecule has 0 atom stereocenters.